The van der Waals surface area contributed by atoms with E-state index < -0.39 is 39.9 Å². The number of aliphatic hydroxyl groups is 1. The Balaban J connectivity index is 1.43. The van der Waals surface area contributed by atoms with Crippen LogP contribution in [0.3, 0.4) is 0 Å². The predicted molar refractivity (Wildman–Crippen MR) is 188 cm³/mol. The van der Waals surface area contributed by atoms with Gasteiger partial charge in [0.1, 0.15) is 0 Å². The van der Waals surface area contributed by atoms with E-state index in [2.05, 4.69) is 20.9 Å². The first-order valence-corrected chi connectivity index (χ1v) is 17.7. The van der Waals surface area contributed by atoms with Crippen molar-refractivity contribution >= 4 is 60.1 Å². The Morgan fingerprint density at radius 3 is 2.06 bits per heavy atom. The number of carbonyl (C=O) groups excluding carboxylic acids is 3. The van der Waals surface area contributed by atoms with Gasteiger partial charge in [0.2, 0.25) is 10.0 Å². The molecule has 3 amide bonds. The van der Waals surface area contributed by atoms with Crippen LogP contribution in [0.2, 0.25) is 0 Å². The second kappa shape index (κ2) is 14.8. The van der Waals surface area contributed by atoms with E-state index in [0.29, 0.717) is 10.6 Å². The number of fused-ring (bicyclic) bond motifs is 1. The zero-order chi connectivity index (χ0) is 34.4. The molecule has 248 valence electrons. The van der Waals surface area contributed by atoms with Crippen molar-refractivity contribution in [2.45, 2.75) is 31.5 Å². The van der Waals surface area contributed by atoms with E-state index >= 15 is 0 Å². The molecule has 0 unspecified atom stereocenters. The highest BCUT2D eigenvalue weighted by Crippen LogP contribution is 2.26. The van der Waals surface area contributed by atoms with Gasteiger partial charge in [-0.1, -0.05) is 84.1 Å². The normalized spacial score (nSPS) is 13.2. The summed E-state index contributed by atoms with van der Waals surface area (Å²) in [5.74, 6) is -2.02. The lowest BCUT2D eigenvalue weighted by Gasteiger charge is -2.24. The highest BCUT2D eigenvalue weighted by molar-refractivity contribution is 7.92. The molecule has 1 heterocycles. The van der Waals surface area contributed by atoms with Crippen molar-refractivity contribution in [2.24, 2.45) is 0 Å². The average molecular weight is 686 g/mol. The molecule has 4 N–H and O–H groups in total. The predicted octanol–water partition coefficient (Wildman–Crippen LogP) is 4.52. The Morgan fingerprint density at radius 1 is 0.854 bits per heavy atom. The number of thiazole rings is 1. The van der Waals surface area contributed by atoms with E-state index in [1.54, 1.807) is 24.3 Å². The van der Waals surface area contributed by atoms with Crippen molar-refractivity contribution in [2.75, 3.05) is 22.9 Å². The first-order chi connectivity index (χ1) is 22.9. The number of para-hydroxylation sites is 1. The summed E-state index contributed by atoms with van der Waals surface area (Å²) in [6, 6.07) is 28.2. The first kappa shape index (κ1) is 34.2. The molecule has 0 aliphatic heterocycles. The molecule has 48 heavy (non-hydrogen) atoms. The second-order valence-corrected chi connectivity index (χ2v) is 14.3. The molecule has 0 saturated carbocycles. The van der Waals surface area contributed by atoms with Crippen molar-refractivity contribution in [3.8, 4) is 0 Å². The lowest BCUT2D eigenvalue weighted by molar-refractivity contribution is -0.125. The van der Waals surface area contributed by atoms with Crippen LogP contribution in [-0.4, -0.2) is 61.7 Å². The fourth-order valence-electron chi connectivity index (χ4n) is 5.00. The standard InChI is InChI=1S/C35H35N5O6S2/c1-22(24-14-8-5-9-15-24)36-32(42)25-19-26(21-27(20-25)40(2)48(3,45)46)33(43)37-29(18-23-12-6-4-7-13-23)31(41)34(44)39-35-38-28-16-10-11-17-30(28)47-35/h4-17,19-22,29,31,41H,18H2,1-3H3,(H,36,42)(H,37,43)(H,38,39,44)/t22-,29+,31-/m1/s1. The molecule has 3 atom stereocenters. The maximum atomic E-state index is 13.8. The smallest absolute Gasteiger partial charge is 0.257 e. The van der Waals surface area contributed by atoms with Crippen LogP contribution in [-0.2, 0) is 21.2 Å². The van der Waals surface area contributed by atoms with Crippen molar-refractivity contribution < 1.29 is 27.9 Å². The van der Waals surface area contributed by atoms with Gasteiger partial charge in [-0.25, -0.2) is 13.4 Å². The largest absolute Gasteiger partial charge is 0.381 e. The number of aromatic nitrogens is 1. The molecule has 4 aromatic carbocycles. The van der Waals surface area contributed by atoms with E-state index in [9.17, 15) is 27.9 Å². The zero-order valence-corrected chi connectivity index (χ0v) is 28.1. The minimum absolute atomic E-state index is 0.0441. The van der Waals surface area contributed by atoms with Crippen LogP contribution in [0.4, 0.5) is 10.8 Å². The number of sulfonamides is 1. The molecule has 0 fully saturated rings. The van der Waals surface area contributed by atoms with Crippen LogP contribution < -0.4 is 20.3 Å². The van der Waals surface area contributed by atoms with Gasteiger partial charge in [0.15, 0.2) is 11.2 Å². The van der Waals surface area contributed by atoms with E-state index in [1.807, 2.05) is 67.6 Å². The van der Waals surface area contributed by atoms with Gasteiger partial charge in [-0.15, -0.1) is 0 Å². The molecular formula is C35H35N5O6S2. The fourth-order valence-corrected chi connectivity index (χ4v) is 6.36. The van der Waals surface area contributed by atoms with Gasteiger partial charge in [0, 0.05) is 18.2 Å². The third-order valence-electron chi connectivity index (χ3n) is 7.74. The summed E-state index contributed by atoms with van der Waals surface area (Å²) in [5, 5.41) is 19.8. The van der Waals surface area contributed by atoms with Crippen LogP contribution >= 0.6 is 11.3 Å². The number of rotatable bonds is 12. The second-order valence-electron chi connectivity index (χ2n) is 11.3. The number of nitrogens with zero attached hydrogens (tertiary/aromatic N) is 2. The summed E-state index contributed by atoms with van der Waals surface area (Å²) in [7, 11) is -2.45. The Bertz CT molecular complexity index is 2000. The molecule has 0 bridgehead atoms. The summed E-state index contributed by atoms with van der Waals surface area (Å²) in [6.07, 6.45) is -0.600. The third kappa shape index (κ3) is 8.42. The van der Waals surface area contributed by atoms with Crippen LogP contribution in [0.25, 0.3) is 10.2 Å². The van der Waals surface area contributed by atoms with E-state index in [0.717, 1.165) is 26.4 Å². The summed E-state index contributed by atoms with van der Waals surface area (Å²) in [5.41, 5.74) is 2.38. The minimum atomic E-state index is -3.76. The molecule has 5 aromatic rings. The van der Waals surface area contributed by atoms with Crippen LogP contribution in [0, 0.1) is 0 Å². The minimum Gasteiger partial charge on any atom is -0.381 e. The summed E-state index contributed by atoms with van der Waals surface area (Å²) in [4.78, 5) is 44.9. The number of carbonyl (C=O) groups is 3. The molecule has 0 spiro atoms. The summed E-state index contributed by atoms with van der Waals surface area (Å²) in [6.45, 7) is 1.81. The Labute approximate surface area is 282 Å². The van der Waals surface area contributed by atoms with E-state index in [4.69, 9.17) is 0 Å². The number of amides is 3. The van der Waals surface area contributed by atoms with Crippen LogP contribution in [0.15, 0.2) is 103 Å². The SMILES string of the molecule is C[C@@H](NC(=O)c1cc(C(=O)N[C@@H](Cc2ccccc2)[C@@H](O)C(=O)Nc2nc3ccccc3s2)cc(N(C)S(C)(=O)=O)c1)c1ccccc1. The summed E-state index contributed by atoms with van der Waals surface area (Å²) < 4.78 is 26.7. The quantitative estimate of drug-likeness (QED) is 0.150. The lowest BCUT2D eigenvalue weighted by atomic mass is 9.99. The molecule has 0 aliphatic carbocycles. The van der Waals surface area contributed by atoms with Gasteiger partial charge in [0.05, 0.1) is 34.2 Å². The number of nitrogens with one attached hydrogen (secondary N) is 3. The maximum Gasteiger partial charge on any atom is 0.257 e. The number of hydrogen-bond donors (Lipinski definition) is 4. The third-order valence-corrected chi connectivity index (χ3v) is 9.90. The van der Waals surface area contributed by atoms with Gasteiger partial charge in [-0.2, -0.15) is 0 Å². The monoisotopic (exact) mass is 685 g/mol. The van der Waals surface area contributed by atoms with Gasteiger partial charge >= 0.3 is 0 Å². The number of hydrogen-bond acceptors (Lipinski definition) is 8. The number of aliphatic hydroxyl groups excluding tert-OH is 1. The van der Waals surface area contributed by atoms with Gasteiger partial charge in [0.25, 0.3) is 17.7 Å². The molecule has 11 nitrogen and oxygen atoms in total. The fraction of sp³-hybridized carbons (Fsp3) is 0.200. The Morgan fingerprint density at radius 2 is 1.44 bits per heavy atom. The molecule has 1 aromatic heterocycles. The molecule has 0 saturated heterocycles. The average Bonchev–Trinajstić information content (AvgIpc) is 3.49. The zero-order valence-electron chi connectivity index (χ0n) is 26.5. The lowest BCUT2D eigenvalue weighted by Crippen LogP contribution is -2.50. The Kier molecular flexibility index (Phi) is 10.5. The van der Waals surface area contributed by atoms with Crippen LogP contribution in [0.5, 0.6) is 0 Å². The Hall–Kier alpha value is -5.11. The molecule has 5 rings (SSSR count). The van der Waals surface area contributed by atoms with Gasteiger partial charge in [-0.05, 0) is 54.8 Å². The van der Waals surface area contributed by atoms with E-state index in [-0.39, 0.29) is 29.3 Å². The topological polar surface area (TPSA) is 158 Å². The molecule has 0 aliphatic rings. The van der Waals surface area contributed by atoms with Crippen molar-refractivity contribution in [1.29, 1.82) is 0 Å². The summed E-state index contributed by atoms with van der Waals surface area (Å²) >= 11 is 1.25. The first-order valence-electron chi connectivity index (χ1n) is 15.0. The number of benzene rings is 4. The molecule has 13 heteroatoms. The van der Waals surface area contributed by atoms with Gasteiger partial charge in [-0.3, -0.25) is 24.0 Å². The van der Waals surface area contributed by atoms with E-state index in [1.165, 1.54) is 36.6 Å². The highest BCUT2D eigenvalue weighted by atomic mass is 32.2. The maximum absolute atomic E-state index is 13.8. The van der Waals surface area contributed by atoms with Crippen molar-refractivity contribution in [1.82, 2.24) is 15.6 Å². The van der Waals surface area contributed by atoms with Gasteiger partial charge < -0.3 is 15.7 Å². The van der Waals surface area contributed by atoms with Crippen molar-refractivity contribution in [3.05, 3.63) is 125 Å². The van der Waals surface area contributed by atoms with Crippen LogP contribution in [0.1, 0.15) is 44.8 Å². The number of anilines is 2. The highest BCUT2D eigenvalue weighted by Gasteiger charge is 2.30. The molecular weight excluding hydrogens is 651 g/mol. The molecule has 0 radical (unpaired) electrons. The van der Waals surface area contributed by atoms with Crippen molar-refractivity contribution in [3.63, 3.8) is 0 Å².